The monoisotopic (exact) mass is 429 g/mol. The Kier molecular flexibility index (Phi) is 6.93. The lowest BCUT2D eigenvalue weighted by atomic mass is 9.83. The Hall–Kier alpha value is -2.66. The van der Waals surface area contributed by atoms with Crippen LogP contribution in [-0.4, -0.2) is 23.4 Å². The molecule has 0 saturated heterocycles. The van der Waals surface area contributed by atoms with Gasteiger partial charge in [0.2, 0.25) is 5.91 Å². The van der Waals surface area contributed by atoms with Crippen LogP contribution in [0.1, 0.15) is 44.2 Å². The fourth-order valence-electron chi connectivity index (χ4n) is 3.61. The summed E-state index contributed by atoms with van der Waals surface area (Å²) in [5.41, 5.74) is 1.94. The van der Waals surface area contributed by atoms with E-state index in [1.54, 1.807) is 37.3 Å². The van der Waals surface area contributed by atoms with Gasteiger partial charge >= 0.3 is 5.97 Å². The summed E-state index contributed by atoms with van der Waals surface area (Å²) < 4.78 is 19.7. The van der Waals surface area contributed by atoms with Crippen LogP contribution in [0.25, 0.3) is 0 Å². The van der Waals surface area contributed by atoms with Gasteiger partial charge in [-0.15, -0.1) is 0 Å². The fourth-order valence-corrected chi connectivity index (χ4v) is 3.88. The van der Waals surface area contributed by atoms with E-state index in [0.717, 1.165) is 0 Å². The second kappa shape index (κ2) is 9.43. The first-order valence-corrected chi connectivity index (χ1v) is 10.3. The SMILES string of the molecule is CC1=C(C(=O)OCC(C)C)[C@H](c2ccccc2Cl)CC(=O)N1Cc1ccccc1F. The first kappa shape index (κ1) is 22.0. The molecule has 0 aliphatic carbocycles. The average Bonchev–Trinajstić information content (AvgIpc) is 2.70. The molecule has 0 saturated carbocycles. The van der Waals surface area contributed by atoms with E-state index >= 15 is 0 Å². The summed E-state index contributed by atoms with van der Waals surface area (Å²) in [5, 5.41) is 0.486. The second-order valence-electron chi connectivity index (χ2n) is 7.84. The zero-order chi connectivity index (χ0) is 21.8. The molecule has 0 radical (unpaired) electrons. The van der Waals surface area contributed by atoms with E-state index in [1.807, 2.05) is 26.0 Å². The Bertz CT molecular complexity index is 986. The van der Waals surface area contributed by atoms with Crippen molar-refractivity contribution in [3.8, 4) is 0 Å². The number of hydrogen-bond donors (Lipinski definition) is 0. The zero-order valence-electron chi connectivity index (χ0n) is 17.3. The van der Waals surface area contributed by atoms with Crippen LogP contribution in [0.4, 0.5) is 4.39 Å². The number of nitrogens with zero attached hydrogens (tertiary/aromatic N) is 1. The Labute approximate surface area is 181 Å². The molecule has 1 atom stereocenters. The molecule has 0 bridgehead atoms. The Morgan fingerprint density at radius 3 is 2.53 bits per heavy atom. The highest BCUT2D eigenvalue weighted by molar-refractivity contribution is 6.31. The number of benzene rings is 2. The van der Waals surface area contributed by atoms with Crippen LogP contribution in [0, 0.1) is 11.7 Å². The van der Waals surface area contributed by atoms with Gasteiger partial charge in [-0.05, 0) is 30.5 Å². The third-order valence-corrected chi connectivity index (χ3v) is 5.50. The molecule has 2 aromatic carbocycles. The predicted molar refractivity (Wildman–Crippen MR) is 114 cm³/mol. The molecular formula is C24H25ClFNO3. The van der Waals surface area contributed by atoms with Gasteiger partial charge in [0.1, 0.15) is 5.82 Å². The second-order valence-corrected chi connectivity index (χ2v) is 8.25. The first-order valence-electron chi connectivity index (χ1n) is 9.95. The zero-order valence-corrected chi connectivity index (χ0v) is 18.1. The van der Waals surface area contributed by atoms with Crippen LogP contribution in [0.3, 0.4) is 0 Å². The van der Waals surface area contributed by atoms with Gasteiger partial charge in [0.25, 0.3) is 0 Å². The molecule has 4 nitrogen and oxygen atoms in total. The summed E-state index contributed by atoms with van der Waals surface area (Å²) in [6, 6.07) is 13.5. The lowest BCUT2D eigenvalue weighted by Crippen LogP contribution is -2.38. The van der Waals surface area contributed by atoms with E-state index in [2.05, 4.69) is 0 Å². The smallest absolute Gasteiger partial charge is 0.336 e. The van der Waals surface area contributed by atoms with Crippen LogP contribution in [0.2, 0.25) is 5.02 Å². The Morgan fingerprint density at radius 2 is 1.87 bits per heavy atom. The molecular weight excluding hydrogens is 405 g/mol. The van der Waals surface area contributed by atoms with Crippen molar-refractivity contribution in [3.05, 3.63) is 81.8 Å². The number of esters is 1. The van der Waals surface area contributed by atoms with Crippen molar-refractivity contribution in [3.63, 3.8) is 0 Å². The van der Waals surface area contributed by atoms with E-state index in [4.69, 9.17) is 16.3 Å². The number of ether oxygens (including phenoxy) is 1. The molecule has 158 valence electrons. The molecule has 1 amide bonds. The maximum atomic E-state index is 14.2. The molecule has 3 rings (SSSR count). The lowest BCUT2D eigenvalue weighted by molar-refractivity contribution is -0.141. The molecule has 0 unspecified atom stereocenters. The highest BCUT2D eigenvalue weighted by Gasteiger charge is 2.38. The summed E-state index contributed by atoms with van der Waals surface area (Å²) in [6.07, 6.45) is 0.0572. The van der Waals surface area contributed by atoms with E-state index < -0.39 is 17.7 Å². The topological polar surface area (TPSA) is 46.6 Å². The van der Waals surface area contributed by atoms with Crippen molar-refractivity contribution in [2.75, 3.05) is 6.61 Å². The van der Waals surface area contributed by atoms with Gasteiger partial charge in [0.05, 0.1) is 18.7 Å². The number of rotatable bonds is 6. The van der Waals surface area contributed by atoms with Gasteiger partial charge in [-0.3, -0.25) is 4.79 Å². The summed E-state index contributed by atoms with van der Waals surface area (Å²) >= 11 is 6.39. The van der Waals surface area contributed by atoms with Gasteiger partial charge in [0.15, 0.2) is 0 Å². The van der Waals surface area contributed by atoms with E-state index in [0.29, 0.717) is 27.4 Å². The minimum absolute atomic E-state index is 0.0491. The normalized spacial score (nSPS) is 16.9. The molecule has 1 aliphatic rings. The van der Waals surface area contributed by atoms with Crippen molar-refractivity contribution >= 4 is 23.5 Å². The third kappa shape index (κ3) is 4.73. The van der Waals surface area contributed by atoms with Crippen molar-refractivity contribution < 1.29 is 18.7 Å². The van der Waals surface area contributed by atoms with E-state index in [9.17, 15) is 14.0 Å². The van der Waals surface area contributed by atoms with Crippen LogP contribution in [0.5, 0.6) is 0 Å². The number of carbonyl (C=O) groups excluding carboxylic acids is 2. The van der Waals surface area contributed by atoms with E-state index in [1.165, 1.54) is 11.0 Å². The molecule has 1 aliphatic heterocycles. The van der Waals surface area contributed by atoms with Gasteiger partial charge in [-0.2, -0.15) is 0 Å². The number of amides is 1. The summed E-state index contributed by atoms with van der Waals surface area (Å²) in [7, 11) is 0. The maximum Gasteiger partial charge on any atom is 0.336 e. The number of hydrogen-bond acceptors (Lipinski definition) is 3. The maximum absolute atomic E-state index is 14.2. The van der Waals surface area contributed by atoms with E-state index in [-0.39, 0.29) is 31.4 Å². The molecule has 0 spiro atoms. The minimum atomic E-state index is -0.511. The van der Waals surface area contributed by atoms with Crippen molar-refractivity contribution in [2.45, 2.75) is 39.7 Å². The Balaban J connectivity index is 2.04. The van der Waals surface area contributed by atoms with Gasteiger partial charge < -0.3 is 9.64 Å². The molecule has 0 N–H and O–H groups in total. The van der Waals surface area contributed by atoms with Crippen LogP contribution >= 0.6 is 11.6 Å². The van der Waals surface area contributed by atoms with Crippen LogP contribution in [0.15, 0.2) is 59.8 Å². The molecule has 2 aromatic rings. The standard InChI is InChI=1S/C24H25ClFNO3/c1-15(2)14-30-24(29)23-16(3)27(13-17-8-4-7-11-21(17)26)22(28)12-19(23)18-9-5-6-10-20(18)25/h4-11,15,19H,12-14H2,1-3H3/t19-/m0/s1. The van der Waals surface area contributed by atoms with Gasteiger partial charge in [0, 0.05) is 28.6 Å². The summed E-state index contributed by atoms with van der Waals surface area (Å²) in [4.78, 5) is 27.5. The highest BCUT2D eigenvalue weighted by atomic mass is 35.5. The number of allylic oxidation sites excluding steroid dienone is 1. The highest BCUT2D eigenvalue weighted by Crippen LogP contribution is 2.40. The largest absolute Gasteiger partial charge is 0.462 e. The first-order chi connectivity index (χ1) is 14.3. The minimum Gasteiger partial charge on any atom is -0.462 e. The molecule has 0 aromatic heterocycles. The predicted octanol–water partition coefficient (Wildman–Crippen LogP) is 5.47. The summed E-state index contributed by atoms with van der Waals surface area (Å²) in [5.74, 6) is -1.40. The van der Waals surface area contributed by atoms with Crippen molar-refractivity contribution in [1.82, 2.24) is 4.90 Å². The number of halogens is 2. The van der Waals surface area contributed by atoms with Gasteiger partial charge in [-0.25, -0.2) is 9.18 Å². The lowest BCUT2D eigenvalue weighted by Gasteiger charge is -2.35. The fraction of sp³-hybridized carbons (Fsp3) is 0.333. The molecule has 6 heteroatoms. The summed E-state index contributed by atoms with van der Waals surface area (Å²) in [6.45, 7) is 5.93. The molecule has 0 fully saturated rings. The Morgan fingerprint density at radius 1 is 1.20 bits per heavy atom. The molecule has 1 heterocycles. The third-order valence-electron chi connectivity index (χ3n) is 5.16. The van der Waals surface area contributed by atoms with Crippen molar-refractivity contribution in [2.24, 2.45) is 5.92 Å². The van der Waals surface area contributed by atoms with Crippen molar-refractivity contribution in [1.29, 1.82) is 0 Å². The number of carbonyl (C=O) groups is 2. The average molecular weight is 430 g/mol. The van der Waals surface area contributed by atoms with Crippen LogP contribution < -0.4 is 0 Å². The molecule has 30 heavy (non-hydrogen) atoms. The van der Waals surface area contributed by atoms with Crippen LogP contribution in [-0.2, 0) is 20.9 Å². The van der Waals surface area contributed by atoms with Gasteiger partial charge in [-0.1, -0.05) is 61.8 Å². The quantitative estimate of drug-likeness (QED) is 0.572.